The molecule has 0 aromatic carbocycles. The first kappa shape index (κ1) is 57.2. The molecule has 0 radical (unpaired) electrons. The maximum absolute atomic E-state index is 9.29. The number of hydrogen-bond donors (Lipinski definition) is 6. The first-order valence-electron chi connectivity index (χ1n) is 21.3. The first-order valence-corrected chi connectivity index (χ1v) is 22.6. The molecule has 7 nitrogen and oxygen atoms in total. The molecule has 0 spiro atoms. The van der Waals surface area contributed by atoms with E-state index >= 15 is 0 Å². The maximum atomic E-state index is 9.29. The zero-order valence-electron chi connectivity index (χ0n) is 33.8. The topological polar surface area (TPSA) is 124 Å². The van der Waals surface area contributed by atoms with Crippen molar-refractivity contribution in [2.24, 2.45) is 0 Å². The van der Waals surface area contributed by atoms with E-state index in [1.165, 1.54) is 205 Å². The van der Waals surface area contributed by atoms with E-state index in [0.717, 1.165) is 13.2 Å². The van der Waals surface area contributed by atoms with Crippen molar-refractivity contribution in [1.82, 2.24) is 0 Å². The molecule has 0 aromatic heterocycles. The number of ether oxygens (including phenoxy) is 1. The molecule has 0 aliphatic rings. The van der Waals surface area contributed by atoms with E-state index in [9.17, 15) is 9.59 Å². The van der Waals surface area contributed by atoms with Crippen molar-refractivity contribution in [3.05, 3.63) is 0 Å². The molecule has 0 aromatic rings. The van der Waals surface area contributed by atoms with Gasteiger partial charge in [-0.2, -0.15) is 25.3 Å². The van der Waals surface area contributed by atoms with E-state index in [-0.39, 0.29) is 24.7 Å². The predicted octanol–water partition coefficient (Wildman–Crippen LogP) is 12.5. The lowest BCUT2D eigenvalue weighted by Crippen LogP contribution is -1.97. The van der Waals surface area contributed by atoms with Gasteiger partial charge in [-0.1, -0.05) is 206 Å². The quantitative estimate of drug-likeness (QED) is 0.0275. The largest absolute Gasteiger partial charge is 0.481 e. The molecule has 9 heteroatoms. The molecule has 0 heterocycles. The molecule has 51 heavy (non-hydrogen) atoms. The number of carboxylic acid groups (broad SMARTS) is 2. The number of hydrogen-bond acceptors (Lipinski definition) is 7. The van der Waals surface area contributed by atoms with Gasteiger partial charge in [-0.3, -0.25) is 9.59 Å². The van der Waals surface area contributed by atoms with Gasteiger partial charge in [-0.25, -0.2) is 0 Å². The van der Waals surface area contributed by atoms with Crippen molar-refractivity contribution in [2.45, 2.75) is 219 Å². The summed E-state index contributed by atoms with van der Waals surface area (Å²) in [6, 6.07) is 0. The molecule has 0 atom stereocenters. The van der Waals surface area contributed by atoms with E-state index in [0.29, 0.717) is 0 Å². The van der Waals surface area contributed by atoms with E-state index < -0.39 is 11.9 Å². The van der Waals surface area contributed by atoms with Gasteiger partial charge in [0.15, 0.2) is 0 Å². The van der Waals surface area contributed by atoms with Crippen molar-refractivity contribution in [2.75, 3.05) is 37.9 Å². The number of thiol groups is 2. The molecule has 0 aliphatic heterocycles. The third-order valence-electron chi connectivity index (χ3n) is 8.65. The van der Waals surface area contributed by atoms with Crippen LogP contribution in [0.25, 0.3) is 0 Å². The second-order valence-electron chi connectivity index (χ2n) is 13.8. The third kappa shape index (κ3) is 75.4. The van der Waals surface area contributed by atoms with Crippen molar-refractivity contribution < 1.29 is 34.8 Å². The zero-order valence-corrected chi connectivity index (χ0v) is 35.6. The summed E-state index contributed by atoms with van der Waals surface area (Å²) in [5.41, 5.74) is 0. The molecule has 4 N–H and O–H groups in total. The molecule has 310 valence electrons. The van der Waals surface area contributed by atoms with Crippen LogP contribution in [0.5, 0.6) is 0 Å². The van der Waals surface area contributed by atoms with E-state index in [2.05, 4.69) is 39.1 Å². The van der Waals surface area contributed by atoms with Crippen LogP contribution in [0, 0.1) is 0 Å². The van der Waals surface area contributed by atoms with Crippen LogP contribution in [0.15, 0.2) is 0 Å². The van der Waals surface area contributed by atoms with E-state index in [1.807, 2.05) is 0 Å². The minimum atomic E-state index is -0.881. The summed E-state index contributed by atoms with van der Waals surface area (Å²) < 4.78 is 5.87. The second-order valence-corrected chi connectivity index (χ2v) is 14.4. The fourth-order valence-corrected chi connectivity index (χ4v) is 5.61. The molecule has 0 aliphatic carbocycles. The standard InChI is InChI=1S/C36H74O.2C2H4O2S.C2H6O2/c1-3-5-7-9-11-13-15-17-19-21-23-25-27-29-31-33-35-37-36-34-32-30-28-26-24-22-20-18-16-14-12-10-8-6-4-2;2*3-2(4)1-5;3-1-2-4/h3-36H2,1-2H3;2*5H,1H2,(H,3,4);3-4H,1-2H2. The van der Waals surface area contributed by atoms with Crippen LogP contribution in [0.2, 0.25) is 0 Å². The average Bonchev–Trinajstić information content (AvgIpc) is 3.14. The summed E-state index contributed by atoms with van der Waals surface area (Å²) in [5, 5.41) is 30.5. The molecule has 0 rings (SSSR count). The number of aliphatic carboxylic acids is 2. The molecule has 0 saturated carbocycles. The Kier molecular flexibility index (Phi) is 66.0. The average molecular weight is 769 g/mol. The van der Waals surface area contributed by atoms with Crippen LogP contribution in [0.1, 0.15) is 219 Å². The van der Waals surface area contributed by atoms with E-state index in [1.54, 1.807) is 0 Å². The van der Waals surface area contributed by atoms with Crippen molar-refractivity contribution in [3.8, 4) is 0 Å². The summed E-state index contributed by atoms with van der Waals surface area (Å²) in [6.07, 6.45) is 46.0. The van der Waals surface area contributed by atoms with Crippen LogP contribution < -0.4 is 0 Å². The molecular weight excluding hydrogens is 681 g/mol. The summed E-state index contributed by atoms with van der Waals surface area (Å²) in [5.74, 6) is -1.93. The second kappa shape index (κ2) is 58.8. The van der Waals surface area contributed by atoms with Gasteiger partial charge >= 0.3 is 11.9 Å². The van der Waals surface area contributed by atoms with Crippen LogP contribution in [0.4, 0.5) is 0 Å². The van der Waals surface area contributed by atoms with Crippen LogP contribution in [-0.4, -0.2) is 70.3 Å². The monoisotopic (exact) mass is 769 g/mol. The molecule has 0 fully saturated rings. The highest BCUT2D eigenvalue weighted by atomic mass is 32.1. The van der Waals surface area contributed by atoms with Gasteiger partial charge in [0, 0.05) is 13.2 Å². The van der Waals surface area contributed by atoms with Gasteiger partial charge in [0.25, 0.3) is 0 Å². The maximum Gasteiger partial charge on any atom is 0.313 e. The van der Waals surface area contributed by atoms with Gasteiger partial charge in [-0.15, -0.1) is 0 Å². The minimum Gasteiger partial charge on any atom is -0.481 e. The number of aliphatic hydroxyl groups excluding tert-OH is 2. The van der Waals surface area contributed by atoms with Crippen molar-refractivity contribution >= 4 is 37.2 Å². The summed E-state index contributed by atoms with van der Waals surface area (Å²) in [4.78, 5) is 18.6. The Balaban J connectivity index is -0.000000660. The zero-order chi connectivity index (χ0) is 38.7. The Morgan fingerprint density at radius 1 is 0.373 bits per heavy atom. The lowest BCUT2D eigenvalue weighted by molar-refractivity contribution is -0.134. The lowest BCUT2D eigenvalue weighted by atomic mass is 10.0. The number of rotatable bonds is 37. The molecule has 0 saturated heterocycles. The summed E-state index contributed by atoms with van der Waals surface area (Å²) in [7, 11) is 0. The Hall–Kier alpha value is -0.480. The van der Waals surface area contributed by atoms with Crippen LogP contribution in [0.3, 0.4) is 0 Å². The SMILES string of the molecule is CCCCCCCCCCCCCCCCCCOCCCCCCCCCCCCCCCCCC.O=C(O)CS.O=C(O)CS.OCCO. The Bertz CT molecular complexity index is 562. The number of unbranched alkanes of at least 4 members (excludes halogenated alkanes) is 30. The Labute approximate surface area is 328 Å². The highest BCUT2D eigenvalue weighted by Gasteiger charge is 1.97. The van der Waals surface area contributed by atoms with Crippen LogP contribution in [-0.2, 0) is 14.3 Å². The van der Waals surface area contributed by atoms with Gasteiger partial charge in [0.1, 0.15) is 0 Å². The minimum absolute atomic E-state index is 0.0833. The third-order valence-corrected chi connectivity index (χ3v) is 9.20. The highest BCUT2D eigenvalue weighted by molar-refractivity contribution is 7.81. The van der Waals surface area contributed by atoms with Crippen LogP contribution >= 0.6 is 25.3 Å². The lowest BCUT2D eigenvalue weighted by Gasteiger charge is -2.06. The smallest absolute Gasteiger partial charge is 0.313 e. The van der Waals surface area contributed by atoms with Crippen molar-refractivity contribution in [1.29, 1.82) is 0 Å². The van der Waals surface area contributed by atoms with E-state index in [4.69, 9.17) is 25.2 Å². The first-order chi connectivity index (χ1) is 24.9. The molecule has 0 amide bonds. The van der Waals surface area contributed by atoms with Gasteiger partial charge < -0.3 is 25.2 Å². The Morgan fingerprint density at radius 3 is 0.667 bits per heavy atom. The summed E-state index contributed by atoms with van der Waals surface area (Å²) in [6.45, 7) is 6.35. The highest BCUT2D eigenvalue weighted by Crippen LogP contribution is 2.15. The van der Waals surface area contributed by atoms with Gasteiger partial charge in [-0.05, 0) is 12.8 Å². The van der Waals surface area contributed by atoms with Gasteiger partial charge in [0.05, 0.1) is 24.7 Å². The summed E-state index contributed by atoms with van der Waals surface area (Å²) >= 11 is 6.83. The fourth-order valence-electron chi connectivity index (χ4n) is 5.61. The number of aliphatic hydroxyl groups is 2. The van der Waals surface area contributed by atoms with Gasteiger partial charge in [0.2, 0.25) is 0 Å². The predicted molar refractivity (Wildman–Crippen MR) is 227 cm³/mol. The molecule has 0 bridgehead atoms. The normalized spacial score (nSPS) is 10.4. The van der Waals surface area contributed by atoms with Crippen molar-refractivity contribution in [3.63, 3.8) is 0 Å². The Morgan fingerprint density at radius 2 is 0.529 bits per heavy atom. The number of carboxylic acids is 2. The number of carbonyl (C=O) groups is 2. The molecular formula is C42H88O7S2. The fraction of sp³-hybridized carbons (Fsp3) is 0.952. The molecule has 0 unspecified atom stereocenters.